The van der Waals surface area contributed by atoms with E-state index >= 15 is 0 Å². The zero-order valence-electron chi connectivity index (χ0n) is 7.63. The van der Waals surface area contributed by atoms with Crippen molar-refractivity contribution >= 4 is 0 Å². The molecule has 0 saturated carbocycles. The molecule has 0 bridgehead atoms. The van der Waals surface area contributed by atoms with E-state index in [9.17, 15) is 4.39 Å². The molecule has 0 radical (unpaired) electrons. The molecule has 1 N–H and O–H groups in total. The van der Waals surface area contributed by atoms with E-state index in [4.69, 9.17) is 5.11 Å². The van der Waals surface area contributed by atoms with Crippen LogP contribution in [0, 0.1) is 6.92 Å². The van der Waals surface area contributed by atoms with E-state index in [2.05, 4.69) is 0 Å². The third-order valence-corrected chi connectivity index (χ3v) is 1.91. The van der Waals surface area contributed by atoms with E-state index in [1.807, 2.05) is 31.2 Å². The fourth-order valence-electron chi connectivity index (χ4n) is 1.10. The van der Waals surface area contributed by atoms with Crippen LogP contribution in [0.4, 0.5) is 4.39 Å². The predicted molar refractivity (Wildman–Crippen MR) is 51.2 cm³/mol. The van der Waals surface area contributed by atoms with Crippen LogP contribution in [-0.2, 0) is 6.42 Å². The van der Waals surface area contributed by atoms with Crippen LogP contribution < -0.4 is 0 Å². The van der Waals surface area contributed by atoms with Gasteiger partial charge in [0.2, 0.25) is 0 Å². The Labute approximate surface area is 77.5 Å². The van der Waals surface area contributed by atoms with Crippen molar-refractivity contribution in [2.24, 2.45) is 0 Å². The molecular weight excluding hydrogens is 167 g/mol. The van der Waals surface area contributed by atoms with Gasteiger partial charge in [-0.25, -0.2) is 4.39 Å². The summed E-state index contributed by atoms with van der Waals surface area (Å²) in [4.78, 5) is 0. The first-order chi connectivity index (χ1) is 6.26. The average Bonchev–Trinajstić information content (AvgIpc) is 2.17. The van der Waals surface area contributed by atoms with E-state index < -0.39 is 0 Å². The highest BCUT2D eigenvalue weighted by molar-refractivity contribution is 5.25. The van der Waals surface area contributed by atoms with Crippen LogP contribution in [-0.4, -0.2) is 11.7 Å². The highest BCUT2D eigenvalue weighted by atomic mass is 19.1. The van der Waals surface area contributed by atoms with Crippen molar-refractivity contribution in [2.75, 3.05) is 6.61 Å². The van der Waals surface area contributed by atoms with Gasteiger partial charge < -0.3 is 5.11 Å². The van der Waals surface area contributed by atoms with Gasteiger partial charge in [-0.2, -0.15) is 0 Å². The zero-order valence-corrected chi connectivity index (χ0v) is 7.63. The van der Waals surface area contributed by atoms with Gasteiger partial charge in [0, 0.05) is 0 Å². The smallest absolute Gasteiger partial charge is 0.0885 e. The third kappa shape index (κ3) is 2.99. The number of aryl methyl sites for hydroxylation is 1. The number of hydrogen-bond acceptors (Lipinski definition) is 1. The Bertz CT molecular complexity index is 287. The Kier molecular flexibility index (Phi) is 3.65. The number of rotatable bonds is 3. The van der Waals surface area contributed by atoms with Crippen molar-refractivity contribution in [1.29, 1.82) is 0 Å². The minimum absolute atomic E-state index is 0.218. The number of halogens is 1. The van der Waals surface area contributed by atoms with Gasteiger partial charge in [-0.1, -0.05) is 29.8 Å². The van der Waals surface area contributed by atoms with Crippen LogP contribution in [0.5, 0.6) is 0 Å². The summed E-state index contributed by atoms with van der Waals surface area (Å²) in [5.41, 5.74) is 2.60. The van der Waals surface area contributed by atoms with Gasteiger partial charge in [0.1, 0.15) is 0 Å². The molecule has 0 fully saturated rings. The summed E-state index contributed by atoms with van der Waals surface area (Å²) in [6.07, 6.45) is 0.952. The summed E-state index contributed by atoms with van der Waals surface area (Å²) < 4.78 is 12.1. The lowest BCUT2D eigenvalue weighted by molar-refractivity contribution is 0.325. The highest BCUT2D eigenvalue weighted by Crippen LogP contribution is 2.09. The van der Waals surface area contributed by atoms with Gasteiger partial charge in [0.05, 0.1) is 12.9 Å². The first kappa shape index (κ1) is 9.93. The second kappa shape index (κ2) is 4.77. The monoisotopic (exact) mass is 180 g/mol. The summed E-state index contributed by atoms with van der Waals surface area (Å²) in [6, 6.07) is 7.83. The summed E-state index contributed by atoms with van der Waals surface area (Å²) in [5, 5.41) is 8.73. The maximum atomic E-state index is 12.1. The zero-order chi connectivity index (χ0) is 9.68. The van der Waals surface area contributed by atoms with Crippen molar-refractivity contribution < 1.29 is 9.50 Å². The van der Waals surface area contributed by atoms with Crippen LogP contribution in [0.3, 0.4) is 0 Å². The van der Waals surface area contributed by atoms with Crippen molar-refractivity contribution in [3.63, 3.8) is 0 Å². The molecule has 0 unspecified atom stereocenters. The molecule has 0 aromatic heterocycles. The second-order valence-electron chi connectivity index (χ2n) is 3.09. The van der Waals surface area contributed by atoms with Crippen LogP contribution in [0.2, 0.25) is 0 Å². The van der Waals surface area contributed by atoms with E-state index in [0.29, 0.717) is 18.3 Å². The molecule has 2 heteroatoms. The van der Waals surface area contributed by atoms with Crippen molar-refractivity contribution in [3.8, 4) is 0 Å². The molecule has 1 aromatic carbocycles. The fourth-order valence-corrected chi connectivity index (χ4v) is 1.10. The molecule has 0 aliphatic carbocycles. The normalized spacial score (nSPS) is 11.8. The molecular formula is C11H13FO. The van der Waals surface area contributed by atoms with Gasteiger partial charge in [0.15, 0.2) is 0 Å². The van der Waals surface area contributed by atoms with E-state index in [0.717, 1.165) is 5.56 Å². The number of benzene rings is 1. The first-order valence-electron chi connectivity index (χ1n) is 4.21. The Morgan fingerprint density at radius 1 is 1.38 bits per heavy atom. The molecule has 0 amide bonds. The van der Waals surface area contributed by atoms with Crippen LogP contribution >= 0.6 is 0 Å². The average molecular weight is 180 g/mol. The lowest BCUT2D eigenvalue weighted by Gasteiger charge is -2.02. The second-order valence-corrected chi connectivity index (χ2v) is 3.09. The summed E-state index contributed by atoms with van der Waals surface area (Å²) in [7, 11) is 0. The molecule has 1 aromatic rings. The van der Waals surface area contributed by atoms with E-state index in [-0.39, 0.29) is 6.61 Å². The molecule has 1 rings (SSSR count). The number of aliphatic hydroxyl groups excluding tert-OH is 1. The van der Waals surface area contributed by atoms with Gasteiger partial charge in [0.25, 0.3) is 0 Å². The molecule has 1 nitrogen and oxygen atoms in total. The van der Waals surface area contributed by atoms with Crippen LogP contribution in [0.15, 0.2) is 36.2 Å². The molecule has 13 heavy (non-hydrogen) atoms. The molecule has 0 spiro atoms. The molecule has 0 aliphatic rings. The number of aliphatic hydroxyl groups is 1. The lowest BCUT2D eigenvalue weighted by Crippen LogP contribution is -1.94. The SMILES string of the molecule is Cc1ccc(CC(=CF)CO)cc1. The van der Waals surface area contributed by atoms with Crippen LogP contribution in [0.25, 0.3) is 0 Å². The highest BCUT2D eigenvalue weighted by Gasteiger charge is 1.97. The molecule has 0 atom stereocenters. The van der Waals surface area contributed by atoms with Crippen LogP contribution in [0.1, 0.15) is 11.1 Å². The lowest BCUT2D eigenvalue weighted by atomic mass is 10.1. The molecule has 0 saturated heterocycles. The first-order valence-corrected chi connectivity index (χ1v) is 4.21. The minimum atomic E-state index is -0.218. The standard InChI is InChI=1S/C11H13FO/c1-9-2-4-10(5-3-9)6-11(7-12)8-13/h2-5,7,13H,6,8H2,1H3. The van der Waals surface area contributed by atoms with Gasteiger partial charge in [-0.3, -0.25) is 0 Å². The fraction of sp³-hybridized carbons (Fsp3) is 0.273. The quantitative estimate of drug-likeness (QED) is 0.757. The largest absolute Gasteiger partial charge is 0.392 e. The minimum Gasteiger partial charge on any atom is -0.392 e. The Hall–Kier alpha value is -1.15. The Morgan fingerprint density at radius 2 is 2.00 bits per heavy atom. The predicted octanol–water partition coefficient (Wildman–Crippen LogP) is 2.38. The summed E-state index contributed by atoms with van der Waals surface area (Å²) in [6.45, 7) is 1.78. The maximum absolute atomic E-state index is 12.1. The van der Waals surface area contributed by atoms with Crippen molar-refractivity contribution in [1.82, 2.24) is 0 Å². The molecule has 70 valence electrons. The Morgan fingerprint density at radius 3 is 2.46 bits per heavy atom. The van der Waals surface area contributed by atoms with Gasteiger partial charge in [-0.05, 0) is 24.5 Å². The van der Waals surface area contributed by atoms with Crippen molar-refractivity contribution in [3.05, 3.63) is 47.3 Å². The Balaban J connectivity index is 2.69. The topological polar surface area (TPSA) is 20.2 Å². The van der Waals surface area contributed by atoms with Gasteiger partial charge in [-0.15, -0.1) is 0 Å². The molecule has 0 aliphatic heterocycles. The number of hydrogen-bond donors (Lipinski definition) is 1. The van der Waals surface area contributed by atoms with E-state index in [1.54, 1.807) is 0 Å². The van der Waals surface area contributed by atoms with E-state index in [1.165, 1.54) is 5.56 Å². The van der Waals surface area contributed by atoms with Crippen molar-refractivity contribution in [2.45, 2.75) is 13.3 Å². The van der Waals surface area contributed by atoms with Gasteiger partial charge >= 0.3 is 0 Å². The third-order valence-electron chi connectivity index (χ3n) is 1.91. The summed E-state index contributed by atoms with van der Waals surface area (Å²) in [5.74, 6) is 0. The maximum Gasteiger partial charge on any atom is 0.0885 e. The summed E-state index contributed by atoms with van der Waals surface area (Å²) >= 11 is 0. The molecule has 0 heterocycles.